The van der Waals surface area contributed by atoms with Gasteiger partial charge >= 0.3 is 0 Å². The third kappa shape index (κ3) is 4.63. The summed E-state index contributed by atoms with van der Waals surface area (Å²) in [6.07, 6.45) is 2.54. The lowest BCUT2D eigenvalue weighted by atomic mass is 9.93. The van der Waals surface area contributed by atoms with Gasteiger partial charge in [-0.25, -0.2) is 0 Å². The summed E-state index contributed by atoms with van der Waals surface area (Å²) < 4.78 is 0. The minimum absolute atomic E-state index is 0.419. The number of aryl methyl sites for hydroxylation is 3. The molecule has 0 aromatic heterocycles. The van der Waals surface area contributed by atoms with Crippen molar-refractivity contribution in [1.29, 1.82) is 0 Å². The van der Waals surface area contributed by atoms with Crippen molar-refractivity contribution in [3.8, 4) is 0 Å². The van der Waals surface area contributed by atoms with Crippen LogP contribution in [0.5, 0.6) is 0 Å². The van der Waals surface area contributed by atoms with E-state index in [4.69, 9.17) is 0 Å². The normalized spacial score (nSPS) is 13.0. The van der Waals surface area contributed by atoms with E-state index < -0.39 is 0 Å². The first-order valence-electron chi connectivity index (χ1n) is 7.43. The van der Waals surface area contributed by atoms with Crippen molar-refractivity contribution in [2.75, 3.05) is 27.2 Å². The van der Waals surface area contributed by atoms with E-state index in [1.165, 1.54) is 41.6 Å². The van der Waals surface area contributed by atoms with Crippen molar-refractivity contribution in [2.24, 2.45) is 0 Å². The molecule has 0 aliphatic rings. The minimum Gasteiger partial charge on any atom is -0.312 e. The van der Waals surface area contributed by atoms with E-state index in [1.54, 1.807) is 0 Å². The molecule has 0 heterocycles. The molecule has 0 bridgehead atoms. The van der Waals surface area contributed by atoms with Crippen molar-refractivity contribution in [3.63, 3.8) is 0 Å². The molecule has 1 aromatic rings. The molecule has 0 saturated heterocycles. The van der Waals surface area contributed by atoms with Gasteiger partial charge in [-0.05, 0) is 64.5 Å². The van der Waals surface area contributed by atoms with Crippen LogP contribution in [-0.4, -0.2) is 32.1 Å². The molecule has 1 atom stereocenters. The third-order valence-electron chi connectivity index (χ3n) is 3.82. The Morgan fingerprint density at radius 1 is 1.16 bits per heavy atom. The maximum absolute atomic E-state index is 3.49. The second kappa shape index (κ2) is 7.66. The predicted octanol–water partition coefficient (Wildman–Crippen LogP) is 3.60. The van der Waals surface area contributed by atoms with E-state index in [2.05, 4.69) is 64.1 Å². The van der Waals surface area contributed by atoms with Gasteiger partial charge in [-0.15, -0.1) is 0 Å². The van der Waals surface area contributed by atoms with Crippen molar-refractivity contribution in [3.05, 3.63) is 34.4 Å². The Kier molecular flexibility index (Phi) is 6.53. The molecule has 108 valence electrons. The number of nitrogens with zero attached hydrogens (tertiary/aromatic N) is 1. The molecule has 1 aromatic carbocycles. The van der Waals surface area contributed by atoms with E-state index in [9.17, 15) is 0 Å². The summed E-state index contributed by atoms with van der Waals surface area (Å²) in [6, 6.07) is 5.00. The monoisotopic (exact) mass is 262 g/mol. The molecule has 0 fully saturated rings. The SMILES string of the molecule is CCCCN(C)CC(NC)c1c(C)cc(C)cc1C. The number of hydrogen-bond donors (Lipinski definition) is 1. The van der Waals surface area contributed by atoms with Gasteiger partial charge in [0.1, 0.15) is 0 Å². The van der Waals surface area contributed by atoms with E-state index >= 15 is 0 Å². The summed E-state index contributed by atoms with van der Waals surface area (Å²) >= 11 is 0. The molecule has 0 spiro atoms. The van der Waals surface area contributed by atoms with Crippen molar-refractivity contribution in [1.82, 2.24) is 10.2 Å². The van der Waals surface area contributed by atoms with Crippen LogP contribution < -0.4 is 5.32 Å². The van der Waals surface area contributed by atoms with Crippen LogP contribution in [0.2, 0.25) is 0 Å². The Bertz CT molecular complexity index is 375. The zero-order valence-corrected chi connectivity index (χ0v) is 13.5. The van der Waals surface area contributed by atoms with Gasteiger partial charge in [0.15, 0.2) is 0 Å². The highest BCUT2D eigenvalue weighted by Crippen LogP contribution is 2.24. The molecule has 2 nitrogen and oxygen atoms in total. The van der Waals surface area contributed by atoms with E-state index in [1.807, 2.05) is 0 Å². The fourth-order valence-corrected chi connectivity index (χ4v) is 2.90. The molecule has 0 aliphatic carbocycles. The van der Waals surface area contributed by atoms with Gasteiger partial charge < -0.3 is 10.2 Å². The highest BCUT2D eigenvalue weighted by molar-refractivity contribution is 5.39. The average Bonchev–Trinajstić information content (AvgIpc) is 2.33. The first-order chi connectivity index (χ1) is 8.99. The molecule has 1 unspecified atom stereocenters. The van der Waals surface area contributed by atoms with Crippen molar-refractivity contribution >= 4 is 0 Å². The lowest BCUT2D eigenvalue weighted by Gasteiger charge is -2.27. The van der Waals surface area contributed by atoms with Crippen LogP contribution in [0.4, 0.5) is 0 Å². The molecule has 1 rings (SSSR count). The molecule has 0 saturated carbocycles. The molecule has 19 heavy (non-hydrogen) atoms. The Morgan fingerprint density at radius 2 is 1.74 bits per heavy atom. The fourth-order valence-electron chi connectivity index (χ4n) is 2.90. The zero-order valence-electron chi connectivity index (χ0n) is 13.5. The molecule has 0 aliphatic heterocycles. The Labute approximate surface area is 119 Å². The smallest absolute Gasteiger partial charge is 0.0452 e. The molecular formula is C17H30N2. The lowest BCUT2D eigenvalue weighted by molar-refractivity contribution is 0.291. The van der Waals surface area contributed by atoms with Gasteiger partial charge in [0, 0.05) is 12.6 Å². The van der Waals surface area contributed by atoms with Crippen LogP contribution in [0.3, 0.4) is 0 Å². The summed E-state index contributed by atoms with van der Waals surface area (Å²) in [4.78, 5) is 2.43. The Hall–Kier alpha value is -0.860. The van der Waals surface area contributed by atoms with Crippen LogP contribution in [0, 0.1) is 20.8 Å². The average molecular weight is 262 g/mol. The largest absolute Gasteiger partial charge is 0.312 e. The Morgan fingerprint density at radius 3 is 2.21 bits per heavy atom. The highest BCUT2D eigenvalue weighted by Gasteiger charge is 2.16. The topological polar surface area (TPSA) is 15.3 Å². The van der Waals surface area contributed by atoms with Gasteiger partial charge in [0.25, 0.3) is 0 Å². The van der Waals surface area contributed by atoms with E-state index in [0.717, 1.165) is 6.54 Å². The number of benzene rings is 1. The molecular weight excluding hydrogens is 232 g/mol. The van der Waals surface area contributed by atoms with Gasteiger partial charge in [0.2, 0.25) is 0 Å². The van der Waals surface area contributed by atoms with Crippen LogP contribution in [0.25, 0.3) is 0 Å². The number of hydrogen-bond acceptors (Lipinski definition) is 2. The fraction of sp³-hybridized carbons (Fsp3) is 0.647. The first kappa shape index (κ1) is 16.2. The zero-order chi connectivity index (χ0) is 14.4. The highest BCUT2D eigenvalue weighted by atomic mass is 15.1. The summed E-state index contributed by atoms with van der Waals surface area (Å²) in [5.74, 6) is 0. The first-order valence-corrected chi connectivity index (χ1v) is 7.43. The second-order valence-electron chi connectivity index (χ2n) is 5.77. The quantitative estimate of drug-likeness (QED) is 0.807. The van der Waals surface area contributed by atoms with Crippen molar-refractivity contribution < 1.29 is 0 Å². The van der Waals surface area contributed by atoms with E-state index in [0.29, 0.717) is 6.04 Å². The molecule has 2 heteroatoms. The van der Waals surface area contributed by atoms with Crippen molar-refractivity contribution in [2.45, 2.75) is 46.6 Å². The maximum Gasteiger partial charge on any atom is 0.0452 e. The summed E-state index contributed by atoms with van der Waals surface area (Å²) in [5.41, 5.74) is 5.63. The van der Waals surface area contributed by atoms with Gasteiger partial charge in [-0.1, -0.05) is 31.0 Å². The third-order valence-corrected chi connectivity index (χ3v) is 3.82. The van der Waals surface area contributed by atoms with Gasteiger partial charge in [-0.2, -0.15) is 0 Å². The van der Waals surface area contributed by atoms with Gasteiger partial charge in [0.05, 0.1) is 0 Å². The van der Waals surface area contributed by atoms with Crippen LogP contribution >= 0.6 is 0 Å². The number of rotatable bonds is 7. The van der Waals surface area contributed by atoms with Crippen LogP contribution in [-0.2, 0) is 0 Å². The lowest BCUT2D eigenvalue weighted by Crippen LogP contribution is -2.32. The minimum atomic E-state index is 0.419. The van der Waals surface area contributed by atoms with Crippen LogP contribution in [0.15, 0.2) is 12.1 Å². The van der Waals surface area contributed by atoms with Gasteiger partial charge in [-0.3, -0.25) is 0 Å². The molecule has 1 N–H and O–H groups in total. The summed E-state index contributed by atoms with van der Waals surface area (Å²) in [7, 11) is 4.29. The van der Waals surface area contributed by atoms with E-state index in [-0.39, 0.29) is 0 Å². The van der Waals surface area contributed by atoms with Crippen LogP contribution in [0.1, 0.15) is 48.1 Å². The number of unbranched alkanes of at least 4 members (excludes halogenated alkanes) is 1. The maximum atomic E-state index is 3.49. The Balaban J connectivity index is 2.85. The number of likely N-dealkylation sites (N-methyl/N-ethyl adjacent to an activating group) is 2. The summed E-state index contributed by atoms with van der Waals surface area (Å²) in [6.45, 7) is 11.1. The number of nitrogens with one attached hydrogen (secondary N) is 1. The second-order valence-corrected chi connectivity index (χ2v) is 5.77. The molecule has 0 radical (unpaired) electrons. The summed E-state index contributed by atoms with van der Waals surface area (Å²) in [5, 5.41) is 3.49. The molecule has 0 amide bonds. The standard InChI is InChI=1S/C17H30N2/c1-7-8-9-19(6)12-16(18-5)17-14(3)10-13(2)11-15(17)4/h10-11,16,18H,7-9,12H2,1-6H3. The predicted molar refractivity (Wildman–Crippen MR) is 84.9 cm³/mol.